The number of hydrogen-bond donors (Lipinski definition) is 0. The van der Waals surface area contributed by atoms with Crippen LogP contribution in [0.3, 0.4) is 0 Å². The summed E-state index contributed by atoms with van der Waals surface area (Å²) in [7, 11) is 0. The molecule has 2 rings (SSSR count). The minimum Gasteiger partial charge on any atom is -0.316 e. The Morgan fingerprint density at radius 3 is 3.07 bits per heavy atom. The molecule has 1 aromatic rings. The number of carbonyl (C=O) groups is 1. The van der Waals surface area contributed by atoms with Gasteiger partial charge in [0.1, 0.15) is 11.7 Å². The van der Waals surface area contributed by atoms with E-state index in [4.69, 9.17) is 5.26 Å². The third-order valence-corrected chi connectivity index (χ3v) is 2.13. The van der Waals surface area contributed by atoms with Crippen molar-refractivity contribution in [3.05, 3.63) is 29.6 Å². The monoisotopic (exact) mass is 187 g/mol. The van der Waals surface area contributed by atoms with Gasteiger partial charge in [0.05, 0.1) is 12.6 Å². The van der Waals surface area contributed by atoms with Gasteiger partial charge in [0.15, 0.2) is 0 Å². The van der Waals surface area contributed by atoms with E-state index in [0.29, 0.717) is 12.2 Å². The Morgan fingerprint density at radius 2 is 2.50 bits per heavy atom. The highest BCUT2D eigenvalue weighted by Crippen LogP contribution is 2.19. The topological polar surface area (TPSA) is 56.8 Å². The Hall–Kier alpha value is -1.89. The van der Waals surface area contributed by atoms with E-state index in [-0.39, 0.29) is 11.9 Å². The molecule has 0 aromatic carbocycles. The molecule has 1 amide bonds. The summed E-state index contributed by atoms with van der Waals surface area (Å²) in [5.41, 5.74) is 1.23. The van der Waals surface area contributed by atoms with E-state index >= 15 is 0 Å². The van der Waals surface area contributed by atoms with Crippen LogP contribution >= 0.6 is 0 Å². The van der Waals surface area contributed by atoms with Gasteiger partial charge in [0.2, 0.25) is 0 Å². The lowest BCUT2D eigenvalue weighted by Gasteiger charge is -2.01. The van der Waals surface area contributed by atoms with Crippen LogP contribution in [0.1, 0.15) is 16.2 Å². The quantitative estimate of drug-likeness (QED) is 0.609. The van der Waals surface area contributed by atoms with Crippen LogP contribution < -0.4 is 0 Å². The zero-order chi connectivity index (χ0) is 10.1. The van der Waals surface area contributed by atoms with E-state index in [1.807, 2.05) is 19.1 Å². The maximum absolute atomic E-state index is 11.6. The fraction of sp³-hybridized carbons (Fsp3) is 0.300. The number of carbonyl (C=O) groups excluding carboxylic acids is 1. The molecule has 1 unspecified atom stereocenters. The molecule has 1 aromatic heterocycles. The van der Waals surface area contributed by atoms with E-state index in [9.17, 15) is 4.79 Å². The third kappa shape index (κ3) is 1.44. The van der Waals surface area contributed by atoms with Crippen molar-refractivity contribution in [2.45, 2.75) is 13.0 Å². The van der Waals surface area contributed by atoms with E-state index in [0.717, 1.165) is 5.69 Å². The van der Waals surface area contributed by atoms with Crippen LogP contribution in [-0.2, 0) is 0 Å². The Kier molecular flexibility index (Phi) is 1.93. The Bertz CT molecular complexity index is 422. The van der Waals surface area contributed by atoms with Gasteiger partial charge < -0.3 is 4.90 Å². The zero-order valence-electron chi connectivity index (χ0n) is 7.77. The van der Waals surface area contributed by atoms with Crippen molar-refractivity contribution < 1.29 is 4.79 Å². The first-order valence-electron chi connectivity index (χ1n) is 4.36. The second kappa shape index (κ2) is 3.11. The molecule has 1 fully saturated rings. The molecule has 0 spiro atoms. The summed E-state index contributed by atoms with van der Waals surface area (Å²) in [5.74, 6) is -0.153. The second-order valence-electron chi connectivity index (χ2n) is 3.27. The van der Waals surface area contributed by atoms with E-state index in [2.05, 4.69) is 4.98 Å². The van der Waals surface area contributed by atoms with Crippen LogP contribution in [-0.4, -0.2) is 28.4 Å². The largest absolute Gasteiger partial charge is 0.316 e. The van der Waals surface area contributed by atoms with E-state index < -0.39 is 0 Å². The van der Waals surface area contributed by atoms with Gasteiger partial charge in [0.25, 0.3) is 5.91 Å². The first-order chi connectivity index (χ1) is 6.72. The average Bonchev–Trinajstić information content (AvgIpc) is 2.95. The predicted octanol–water partition coefficient (Wildman–Crippen LogP) is 0.738. The average molecular weight is 187 g/mol. The molecule has 0 aliphatic carbocycles. The minimum atomic E-state index is -0.246. The normalized spacial score (nSPS) is 18.9. The SMILES string of the molecule is Cc1cccc(C(=O)N2CC2C#N)n1. The summed E-state index contributed by atoms with van der Waals surface area (Å²) in [6.07, 6.45) is 0. The lowest BCUT2D eigenvalue weighted by Crippen LogP contribution is -2.14. The highest BCUT2D eigenvalue weighted by Gasteiger charge is 2.39. The fourth-order valence-electron chi connectivity index (χ4n) is 1.28. The van der Waals surface area contributed by atoms with Gasteiger partial charge in [-0.15, -0.1) is 0 Å². The van der Waals surface area contributed by atoms with Crippen LogP contribution in [0.25, 0.3) is 0 Å². The molecule has 1 atom stereocenters. The third-order valence-electron chi connectivity index (χ3n) is 2.13. The van der Waals surface area contributed by atoms with Crippen molar-refractivity contribution >= 4 is 5.91 Å². The highest BCUT2D eigenvalue weighted by atomic mass is 16.2. The van der Waals surface area contributed by atoms with Gasteiger partial charge in [-0.05, 0) is 19.1 Å². The summed E-state index contributed by atoms with van der Waals surface area (Å²) in [6.45, 7) is 2.37. The van der Waals surface area contributed by atoms with Crippen LogP contribution in [0.4, 0.5) is 0 Å². The van der Waals surface area contributed by atoms with Gasteiger partial charge in [-0.25, -0.2) is 4.98 Å². The van der Waals surface area contributed by atoms with Crippen molar-refractivity contribution in [1.29, 1.82) is 5.26 Å². The molecular weight excluding hydrogens is 178 g/mol. The zero-order valence-corrected chi connectivity index (χ0v) is 7.77. The van der Waals surface area contributed by atoms with Gasteiger partial charge in [-0.3, -0.25) is 4.79 Å². The van der Waals surface area contributed by atoms with E-state index in [1.54, 1.807) is 12.1 Å². The molecule has 0 bridgehead atoms. The lowest BCUT2D eigenvalue weighted by atomic mass is 10.3. The van der Waals surface area contributed by atoms with Crippen LogP contribution in [0, 0.1) is 18.3 Å². The van der Waals surface area contributed by atoms with Gasteiger partial charge in [-0.2, -0.15) is 5.26 Å². The Labute approximate surface area is 81.8 Å². The number of hydrogen-bond acceptors (Lipinski definition) is 3. The maximum Gasteiger partial charge on any atom is 0.273 e. The number of nitriles is 1. The number of aryl methyl sites for hydroxylation is 1. The maximum atomic E-state index is 11.6. The number of rotatable bonds is 1. The van der Waals surface area contributed by atoms with Gasteiger partial charge in [-0.1, -0.05) is 6.07 Å². The standard InChI is InChI=1S/C10H9N3O/c1-7-3-2-4-9(12-7)10(14)13-6-8(13)5-11/h2-4,8H,6H2,1H3. The summed E-state index contributed by atoms with van der Waals surface area (Å²) >= 11 is 0. The summed E-state index contributed by atoms with van der Waals surface area (Å²) < 4.78 is 0. The predicted molar refractivity (Wildman–Crippen MR) is 49.4 cm³/mol. The molecule has 0 radical (unpaired) electrons. The second-order valence-corrected chi connectivity index (χ2v) is 3.27. The smallest absolute Gasteiger partial charge is 0.273 e. The van der Waals surface area contributed by atoms with E-state index in [1.165, 1.54) is 4.90 Å². The molecule has 0 N–H and O–H groups in total. The molecule has 4 nitrogen and oxygen atoms in total. The minimum absolute atomic E-state index is 0.153. The van der Waals surface area contributed by atoms with Crippen LogP contribution in [0.5, 0.6) is 0 Å². The molecular formula is C10H9N3O. The first-order valence-corrected chi connectivity index (χ1v) is 4.36. The molecule has 70 valence electrons. The van der Waals surface area contributed by atoms with Crippen molar-refractivity contribution in [3.8, 4) is 6.07 Å². The number of pyridine rings is 1. The molecule has 1 aliphatic heterocycles. The molecule has 14 heavy (non-hydrogen) atoms. The number of aromatic nitrogens is 1. The van der Waals surface area contributed by atoms with Crippen LogP contribution in [0.2, 0.25) is 0 Å². The highest BCUT2D eigenvalue weighted by molar-refractivity contribution is 5.94. The summed E-state index contributed by atoms with van der Waals surface area (Å²) in [5, 5.41) is 8.56. The molecule has 2 heterocycles. The van der Waals surface area contributed by atoms with Crippen LogP contribution in [0.15, 0.2) is 18.2 Å². The van der Waals surface area contributed by atoms with Crippen molar-refractivity contribution in [3.63, 3.8) is 0 Å². The Morgan fingerprint density at radius 1 is 1.71 bits per heavy atom. The molecule has 0 saturated carbocycles. The van der Waals surface area contributed by atoms with Crippen molar-refractivity contribution in [2.75, 3.05) is 6.54 Å². The first kappa shape index (κ1) is 8.70. The molecule has 4 heteroatoms. The summed E-state index contributed by atoms with van der Waals surface area (Å²) in [4.78, 5) is 17.2. The van der Waals surface area contributed by atoms with Crippen molar-refractivity contribution in [2.24, 2.45) is 0 Å². The number of nitrogens with zero attached hydrogens (tertiary/aromatic N) is 3. The number of amides is 1. The van der Waals surface area contributed by atoms with Crippen molar-refractivity contribution in [1.82, 2.24) is 9.88 Å². The van der Waals surface area contributed by atoms with Gasteiger partial charge in [0, 0.05) is 5.69 Å². The Balaban J connectivity index is 2.17. The lowest BCUT2D eigenvalue weighted by molar-refractivity contribution is 0.0874. The summed E-state index contributed by atoms with van der Waals surface area (Å²) in [6, 6.07) is 7.08. The molecule has 1 saturated heterocycles. The molecule has 1 aliphatic rings. The fourth-order valence-corrected chi connectivity index (χ4v) is 1.28. The van der Waals surface area contributed by atoms with Gasteiger partial charge >= 0.3 is 0 Å².